The van der Waals surface area contributed by atoms with Gasteiger partial charge in [-0.05, 0) is 43.6 Å². The van der Waals surface area contributed by atoms with Crippen LogP contribution in [0.15, 0.2) is 11.1 Å². The molecule has 0 spiro atoms. The molecule has 1 aliphatic heterocycles. The molecule has 0 unspecified atom stereocenters. The molecule has 0 bridgehead atoms. The highest BCUT2D eigenvalue weighted by Crippen LogP contribution is 2.35. The number of aromatic nitrogens is 2. The molecular weight excluding hydrogens is 346 g/mol. The predicted octanol–water partition coefficient (Wildman–Crippen LogP) is 3.38. The summed E-state index contributed by atoms with van der Waals surface area (Å²) in [6.45, 7) is 4.01. The van der Waals surface area contributed by atoms with Crippen LogP contribution in [0.1, 0.15) is 55.9 Å². The Morgan fingerprint density at radius 2 is 1.96 bits per heavy atom. The van der Waals surface area contributed by atoms with Gasteiger partial charge in [-0.25, -0.2) is 4.98 Å². The molecule has 5 nitrogen and oxygen atoms in total. The molecule has 0 saturated carbocycles. The highest BCUT2D eigenvalue weighted by molar-refractivity contribution is 7.18. The molecule has 1 atom stereocenters. The van der Waals surface area contributed by atoms with Gasteiger partial charge in [0.05, 0.1) is 11.7 Å². The Bertz CT molecular complexity index is 862. The summed E-state index contributed by atoms with van der Waals surface area (Å²) in [6, 6.07) is 0. The highest BCUT2D eigenvalue weighted by atomic mass is 32.1. The maximum Gasteiger partial charge on any atom is 0.262 e. The van der Waals surface area contributed by atoms with E-state index in [1.165, 1.54) is 34.3 Å². The molecule has 2 aromatic heterocycles. The van der Waals surface area contributed by atoms with Crippen LogP contribution < -0.4 is 5.56 Å². The van der Waals surface area contributed by atoms with Crippen molar-refractivity contribution in [3.63, 3.8) is 0 Å². The zero-order valence-corrected chi connectivity index (χ0v) is 16.3. The quantitative estimate of drug-likeness (QED) is 0.811. The number of thiophene rings is 1. The van der Waals surface area contributed by atoms with E-state index in [9.17, 15) is 9.59 Å². The number of hydrogen-bond donors (Lipinski definition) is 0. The topological polar surface area (TPSA) is 55.2 Å². The lowest BCUT2D eigenvalue weighted by atomic mass is 9.89. The summed E-state index contributed by atoms with van der Waals surface area (Å²) in [5.41, 5.74) is 1.15. The maximum absolute atomic E-state index is 13.0. The van der Waals surface area contributed by atoms with Crippen molar-refractivity contribution < 1.29 is 4.79 Å². The first kappa shape index (κ1) is 17.7. The molecule has 1 amide bonds. The molecule has 0 N–H and O–H groups in total. The van der Waals surface area contributed by atoms with Crippen LogP contribution >= 0.6 is 11.3 Å². The SMILES string of the molecule is C[C@@H]1CCc2c(sc3ncn(CC(=O)N4CCCCCCC4)c(=O)c23)C1. The molecule has 1 fully saturated rings. The summed E-state index contributed by atoms with van der Waals surface area (Å²) < 4.78 is 1.52. The second-order valence-electron chi connectivity index (χ2n) is 7.86. The van der Waals surface area contributed by atoms with Crippen molar-refractivity contribution in [3.05, 3.63) is 27.1 Å². The lowest BCUT2D eigenvalue weighted by Gasteiger charge is -2.25. The summed E-state index contributed by atoms with van der Waals surface area (Å²) >= 11 is 1.66. The van der Waals surface area contributed by atoms with Crippen LogP contribution in [0.4, 0.5) is 0 Å². The highest BCUT2D eigenvalue weighted by Gasteiger charge is 2.24. The van der Waals surface area contributed by atoms with Gasteiger partial charge >= 0.3 is 0 Å². The minimum Gasteiger partial charge on any atom is -0.341 e. The second-order valence-corrected chi connectivity index (χ2v) is 8.94. The van der Waals surface area contributed by atoms with E-state index in [-0.39, 0.29) is 18.0 Å². The summed E-state index contributed by atoms with van der Waals surface area (Å²) in [7, 11) is 0. The first-order valence-electron chi connectivity index (χ1n) is 9.91. The lowest BCUT2D eigenvalue weighted by molar-refractivity contribution is -0.132. The third-order valence-electron chi connectivity index (χ3n) is 5.80. The van der Waals surface area contributed by atoms with Crippen molar-refractivity contribution in [3.8, 4) is 0 Å². The molecular formula is C20H27N3O2S. The van der Waals surface area contributed by atoms with Crippen LogP contribution in [0.5, 0.6) is 0 Å². The van der Waals surface area contributed by atoms with Crippen LogP contribution in [0, 0.1) is 5.92 Å². The van der Waals surface area contributed by atoms with Gasteiger partial charge in [0, 0.05) is 18.0 Å². The van der Waals surface area contributed by atoms with Gasteiger partial charge in [0.15, 0.2) is 0 Å². The second kappa shape index (κ2) is 7.51. The summed E-state index contributed by atoms with van der Waals surface area (Å²) in [5.74, 6) is 0.722. The zero-order chi connectivity index (χ0) is 18.1. The van der Waals surface area contributed by atoms with Gasteiger partial charge in [-0.2, -0.15) is 0 Å². The zero-order valence-electron chi connectivity index (χ0n) is 15.5. The van der Waals surface area contributed by atoms with Crippen molar-refractivity contribution in [2.75, 3.05) is 13.1 Å². The molecule has 26 heavy (non-hydrogen) atoms. The number of amides is 1. The van der Waals surface area contributed by atoms with Gasteiger partial charge in [0.2, 0.25) is 5.91 Å². The third-order valence-corrected chi connectivity index (χ3v) is 6.96. The van der Waals surface area contributed by atoms with E-state index in [1.54, 1.807) is 17.7 Å². The molecule has 2 aromatic rings. The van der Waals surface area contributed by atoms with E-state index in [4.69, 9.17) is 0 Å². The van der Waals surface area contributed by atoms with Gasteiger partial charge in [0.25, 0.3) is 5.56 Å². The van der Waals surface area contributed by atoms with E-state index >= 15 is 0 Å². The number of likely N-dealkylation sites (tertiary alicyclic amines) is 1. The average molecular weight is 374 g/mol. The van der Waals surface area contributed by atoms with Crippen LogP contribution in [0.3, 0.4) is 0 Å². The monoisotopic (exact) mass is 373 g/mol. The Balaban J connectivity index is 1.59. The number of rotatable bonds is 2. The third kappa shape index (κ3) is 3.43. The molecule has 0 aromatic carbocycles. The maximum atomic E-state index is 13.0. The number of hydrogen-bond acceptors (Lipinski definition) is 4. The first-order chi connectivity index (χ1) is 12.6. The molecule has 4 rings (SSSR count). The average Bonchev–Trinajstić information content (AvgIpc) is 2.95. The van der Waals surface area contributed by atoms with Gasteiger partial charge < -0.3 is 4.90 Å². The fourth-order valence-electron chi connectivity index (χ4n) is 4.22. The number of carbonyl (C=O) groups is 1. The Morgan fingerprint density at radius 3 is 2.73 bits per heavy atom. The fourth-order valence-corrected chi connectivity index (χ4v) is 5.56. The van der Waals surface area contributed by atoms with Crippen LogP contribution in [-0.4, -0.2) is 33.4 Å². The normalized spacial score (nSPS) is 21.3. The largest absolute Gasteiger partial charge is 0.341 e. The molecule has 2 aliphatic rings. The molecule has 140 valence electrons. The number of fused-ring (bicyclic) bond motifs is 3. The van der Waals surface area contributed by atoms with Gasteiger partial charge in [-0.1, -0.05) is 26.2 Å². The number of nitrogens with zero attached hydrogens (tertiary/aromatic N) is 3. The van der Waals surface area contributed by atoms with Crippen molar-refractivity contribution in [1.29, 1.82) is 0 Å². The summed E-state index contributed by atoms with van der Waals surface area (Å²) in [4.78, 5) is 34.4. The van der Waals surface area contributed by atoms with E-state index in [0.717, 1.165) is 55.4 Å². The standard InChI is InChI=1S/C20H27N3O2S/c1-14-7-8-15-16(11-14)26-19-18(15)20(25)23(13-21-19)12-17(24)22-9-5-3-2-4-6-10-22/h13-14H,2-12H2,1H3/t14-/m1/s1. The Kier molecular flexibility index (Phi) is 5.11. The number of carbonyl (C=O) groups excluding carboxylic acids is 1. The summed E-state index contributed by atoms with van der Waals surface area (Å²) in [5, 5.41) is 0.764. The van der Waals surface area contributed by atoms with E-state index in [2.05, 4.69) is 11.9 Å². The van der Waals surface area contributed by atoms with E-state index in [0.29, 0.717) is 5.92 Å². The van der Waals surface area contributed by atoms with Crippen molar-refractivity contribution >= 4 is 27.5 Å². The minimum atomic E-state index is -0.0394. The number of aryl methyl sites for hydroxylation is 1. The molecule has 3 heterocycles. The molecule has 1 aliphatic carbocycles. The molecule has 0 radical (unpaired) electrons. The molecule has 6 heteroatoms. The molecule has 1 saturated heterocycles. The van der Waals surface area contributed by atoms with E-state index in [1.807, 2.05) is 4.90 Å². The Hall–Kier alpha value is -1.69. The van der Waals surface area contributed by atoms with Crippen molar-refractivity contribution in [2.24, 2.45) is 5.92 Å². The first-order valence-corrected chi connectivity index (χ1v) is 10.7. The Morgan fingerprint density at radius 1 is 1.23 bits per heavy atom. The van der Waals surface area contributed by atoms with Gasteiger partial charge in [-0.15, -0.1) is 11.3 Å². The predicted molar refractivity (Wildman–Crippen MR) is 105 cm³/mol. The van der Waals surface area contributed by atoms with Crippen molar-refractivity contribution in [2.45, 2.75) is 64.8 Å². The van der Waals surface area contributed by atoms with Crippen LogP contribution in [0.2, 0.25) is 0 Å². The fraction of sp³-hybridized carbons (Fsp3) is 0.650. The van der Waals surface area contributed by atoms with Crippen molar-refractivity contribution in [1.82, 2.24) is 14.5 Å². The van der Waals surface area contributed by atoms with E-state index < -0.39 is 0 Å². The van der Waals surface area contributed by atoms with Crippen LogP contribution in [-0.2, 0) is 24.2 Å². The van der Waals surface area contributed by atoms with Crippen LogP contribution in [0.25, 0.3) is 10.2 Å². The Labute approximate surface area is 158 Å². The smallest absolute Gasteiger partial charge is 0.262 e. The van der Waals surface area contributed by atoms with Gasteiger partial charge in [-0.3, -0.25) is 14.2 Å². The minimum absolute atomic E-state index is 0.0394. The lowest BCUT2D eigenvalue weighted by Crippen LogP contribution is -2.38. The summed E-state index contributed by atoms with van der Waals surface area (Å²) in [6.07, 6.45) is 10.5. The van der Waals surface area contributed by atoms with Gasteiger partial charge in [0.1, 0.15) is 11.4 Å².